The van der Waals surface area contributed by atoms with Crippen LogP contribution in [0.5, 0.6) is 0 Å². The zero-order valence-electron chi connectivity index (χ0n) is 9.02. The molecule has 0 aromatic carbocycles. The standard InChI is InChI=1S/C9H18NO3P/c1-5-8-9(10-4)14(11,12-6-2)13-7-3/h9H,5-8H2,1-3H3. The molecule has 0 radical (unpaired) electrons. The van der Waals surface area contributed by atoms with E-state index in [1.807, 2.05) is 6.92 Å². The molecule has 0 aromatic rings. The van der Waals surface area contributed by atoms with E-state index in [-0.39, 0.29) is 0 Å². The molecule has 0 aliphatic carbocycles. The summed E-state index contributed by atoms with van der Waals surface area (Å²) < 4.78 is 22.3. The molecule has 0 fully saturated rings. The van der Waals surface area contributed by atoms with Crippen molar-refractivity contribution in [1.29, 1.82) is 0 Å². The largest absolute Gasteiger partial charge is 0.412 e. The molecule has 0 amide bonds. The van der Waals surface area contributed by atoms with Crippen LogP contribution in [0.2, 0.25) is 0 Å². The lowest BCUT2D eigenvalue weighted by atomic mass is 10.3. The Kier molecular flexibility index (Phi) is 6.82. The van der Waals surface area contributed by atoms with Gasteiger partial charge in [0.2, 0.25) is 0 Å². The van der Waals surface area contributed by atoms with Crippen LogP contribution in [-0.2, 0) is 13.6 Å². The number of hydrogen-bond acceptors (Lipinski definition) is 3. The molecule has 0 bridgehead atoms. The van der Waals surface area contributed by atoms with Crippen molar-refractivity contribution in [3.63, 3.8) is 0 Å². The molecule has 14 heavy (non-hydrogen) atoms. The van der Waals surface area contributed by atoms with Crippen molar-refractivity contribution in [2.75, 3.05) is 13.2 Å². The maximum atomic E-state index is 12.1. The molecule has 0 aliphatic rings. The second-order valence-corrected chi connectivity index (χ2v) is 4.97. The van der Waals surface area contributed by atoms with Crippen LogP contribution in [-0.4, -0.2) is 19.0 Å². The van der Waals surface area contributed by atoms with E-state index in [2.05, 4.69) is 4.85 Å². The summed E-state index contributed by atoms with van der Waals surface area (Å²) in [5, 5.41) is 0. The highest BCUT2D eigenvalue weighted by molar-refractivity contribution is 7.54. The van der Waals surface area contributed by atoms with Crippen LogP contribution in [0.15, 0.2) is 0 Å². The summed E-state index contributed by atoms with van der Waals surface area (Å²) in [6, 6.07) is 0. The molecule has 0 saturated heterocycles. The Bertz CT molecular complexity index is 227. The highest BCUT2D eigenvalue weighted by atomic mass is 31.2. The van der Waals surface area contributed by atoms with Crippen LogP contribution >= 0.6 is 7.60 Å². The Morgan fingerprint density at radius 3 is 2.07 bits per heavy atom. The Balaban J connectivity index is 4.60. The highest BCUT2D eigenvalue weighted by Crippen LogP contribution is 2.55. The summed E-state index contributed by atoms with van der Waals surface area (Å²) in [5.41, 5.74) is 0. The second-order valence-electron chi connectivity index (χ2n) is 2.77. The van der Waals surface area contributed by atoms with E-state index >= 15 is 0 Å². The number of nitrogens with zero attached hydrogens (tertiary/aromatic N) is 1. The third-order valence-electron chi connectivity index (χ3n) is 1.68. The highest BCUT2D eigenvalue weighted by Gasteiger charge is 2.40. The van der Waals surface area contributed by atoms with E-state index in [0.717, 1.165) is 6.42 Å². The van der Waals surface area contributed by atoms with Gasteiger partial charge in [-0.1, -0.05) is 6.92 Å². The van der Waals surface area contributed by atoms with Gasteiger partial charge < -0.3 is 13.9 Å². The summed E-state index contributed by atoms with van der Waals surface area (Å²) in [6.45, 7) is 13.0. The van der Waals surface area contributed by atoms with Crippen molar-refractivity contribution in [2.45, 2.75) is 39.4 Å². The van der Waals surface area contributed by atoms with Gasteiger partial charge in [-0.15, -0.1) is 0 Å². The molecule has 0 N–H and O–H groups in total. The van der Waals surface area contributed by atoms with E-state index in [4.69, 9.17) is 15.6 Å². The molecule has 0 spiro atoms. The van der Waals surface area contributed by atoms with Crippen molar-refractivity contribution in [3.8, 4) is 0 Å². The van der Waals surface area contributed by atoms with Gasteiger partial charge in [-0.2, -0.15) is 0 Å². The fourth-order valence-corrected chi connectivity index (χ4v) is 2.98. The SMILES string of the molecule is [C-]#[N+]C(CCC)P(=O)(OCC)OCC. The lowest BCUT2D eigenvalue weighted by Crippen LogP contribution is -2.09. The van der Waals surface area contributed by atoms with Crippen LogP contribution in [0.1, 0.15) is 33.6 Å². The summed E-state index contributed by atoms with van der Waals surface area (Å²) in [5.74, 6) is -0.646. The predicted octanol–water partition coefficient (Wildman–Crippen LogP) is 3.30. The normalized spacial score (nSPS) is 13.6. The van der Waals surface area contributed by atoms with Crippen LogP contribution in [0.25, 0.3) is 4.85 Å². The fourth-order valence-electron chi connectivity index (χ4n) is 1.12. The molecule has 0 saturated carbocycles. The molecular formula is C9H18NO3P. The summed E-state index contributed by atoms with van der Waals surface area (Å²) in [4.78, 5) is 3.32. The molecule has 0 heterocycles. The van der Waals surface area contributed by atoms with E-state index in [9.17, 15) is 4.57 Å². The number of rotatable bonds is 7. The van der Waals surface area contributed by atoms with E-state index in [0.29, 0.717) is 19.6 Å². The van der Waals surface area contributed by atoms with Gasteiger partial charge >= 0.3 is 13.4 Å². The van der Waals surface area contributed by atoms with Crippen LogP contribution < -0.4 is 0 Å². The molecule has 82 valence electrons. The Morgan fingerprint density at radius 1 is 1.29 bits per heavy atom. The van der Waals surface area contributed by atoms with Crippen LogP contribution in [0, 0.1) is 6.57 Å². The van der Waals surface area contributed by atoms with Crippen molar-refractivity contribution in [1.82, 2.24) is 0 Å². The Morgan fingerprint density at radius 2 is 1.79 bits per heavy atom. The lowest BCUT2D eigenvalue weighted by Gasteiger charge is -2.17. The monoisotopic (exact) mass is 219 g/mol. The molecule has 4 nitrogen and oxygen atoms in total. The van der Waals surface area contributed by atoms with E-state index in [1.54, 1.807) is 13.8 Å². The van der Waals surface area contributed by atoms with Gasteiger partial charge in [-0.3, -0.25) is 4.57 Å². The zero-order valence-corrected chi connectivity index (χ0v) is 9.92. The molecular weight excluding hydrogens is 201 g/mol. The van der Waals surface area contributed by atoms with Crippen molar-refractivity contribution in [2.24, 2.45) is 0 Å². The van der Waals surface area contributed by atoms with E-state index in [1.165, 1.54) is 0 Å². The quantitative estimate of drug-likeness (QED) is 0.487. The minimum Gasteiger partial charge on any atom is -0.303 e. The van der Waals surface area contributed by atoms with Gasteiger partial charge in [0.05, 0.1) is 13.2 Å². The molecule has 1 atom stereocenters. The van der Waals surface area contributed by atoms with Crippen LogP contribution in [0.4, 0.5) is 0 Å². The van der Waals surface area contributed by atoms with E-state index < -0.39 is 13.4 Å². The Hall–Kier alpha value is -0.360. The fraction of sp³-hybridized carbons (Fsp3) is 0.889. The van der Waals surface area contributed by atoms with Gasteiger partial charge in [-0.05, 0) is 20.3 Å². The minimum absolute atomic E-state index is 0.313. The first kappa shape index (κ1) is 13.6. The first-order valence-corrected chi connectivity index (χ1v) is 6.51. The maximum Gasteiger partial charge on any atom is 0.412 e. The smallest absolute Gasteiger partial charge is 0.303 e. The summed E-state index contributed by atoms with van der Waals surface area (Å²) >= 11 is 0. The molecule has 0 aliphatic heterocycles. The average Bonchev–Trinajstić information content (AvgIpc) is 2.14. The third kappa shape index (κ3) is 3.79. The first-order chi connectivity index (χ1) is 6.64. The summed E-state index contributed by atoms with van der Waals surface area (Å²) in [6.07, 6.45) is 1.36. The second kappa shape index (κ2) is 7.00. The summed E-state index contributed by atoms with van der Waals surface area (Å²) in [7, 11) is -3.20. The predicted molar refractivity (Wildman–Crippen MR) is 56.2 cm³/mol. The third-order valence-corrected chi connectivity index (χ3v) is 4.02. The van der Waals surface area contributed by atoms with Crippen molar-refractivity contribution >= 4 is 7.60 Å². The topological polar surface area (TPSA) is 39.9 Å². The molecule has 0 aromatic heterocycles. The lowest BCUT2D eigenvalue weighted by molar-refractivity contribution is 0.214. The van der Waals surface area contributed by atoms with Crippen LogP contribution in [0.3, 0.4) is 0 Å². The maximum absolute atomic E-state index is 12.1. The van der Waals surface area contributed by atoms with Crippen molar-refractivity contribution < 1.29 is 13.6 Å². The molecule has 1 unspecified atom stereocenters. The Labute approximate surface area is 86.0 Å². The molecule has 5 heteroatoms. The number of hydrogen-bond donors (Lipinski definition) is 0. The first-order valence-electron chi connectivity index (χ1n) is 4.89. The van der Waals surface area contributed by atoms with Gasteiger partial charge in [0.15, 0.2) is 0 Å². The van der Waals surface area contributed by atoms with Crippen molar-refractivity contribution in [3.05, 3.63) is 11.4 Å². The van der Waals surface area contributed by atoms with Gasteiger partial charge in [0, 0.05) is 6.42 Å². The van der Waals surface area contributed by atoms with Gasteiger partial charge in [0.25, 0.3) is 0 Å². The van der Waals surface area contributed by atoms with Gasteiger partial charge in [-0.25, -0.2) is 6.57 Å². The zero-order chi connectivity index (χ0) is 11.0. The minimum atomic E-state index is -3.20. The average molecular weight is 219 g/mol. The molecule has 0 rings (SSSR count). The van der Waals surface area contributed by atoms with Gasteiger partial charge in [0.1, 0.15) is 0 Å².